The highest BCUT2D eigenvalue weighted by Crippen LogP contribution is 2.46. The zero-order valence-electron chi connectivity index (χ0n) is 22.0. The lowest BCUT2D eigenvalue weighted by atomic mass is 9.94. The fourth-order valence-corrected chi connectivity index (χ4v) is 5.69. The molecule has 1 aliphatic heterocycles. The SMILES string of the molecule is COc1ccc2nc(N3C(=O)C(=O)/C(=C(/O)c4ccc(OC)c(C)c4)[C@H]3c3ccc(OC)c(OC)c3)sc2c1. The number of Topliss-reactive ketones (excluding diaryl/α,β-unsaturated/α-hetero) is 1. The molecule has 1 N–H and O–H groups in total. The number of ketones is 1. The summed E-state index contributed by atoms with van der Waals surface area (Å²) in [7, 11) is 6.14. The molecule has 9 nitrogen and oxygen atoms in total. The lowest BCUT2D eigenvalue weighted by Gasteiger charge is -2.23. The molecule has 1 fully saturated rings. The van der Waals surface area contributed by atoms with Gasteiger partial charge in [0.1, 0.15) is 17.3 Å². The minimum atomic E-state index is -0.977. The van der Waals surface area contributed by atoms with Gasteiger partial charge in [-0.25, -0.2) is 4.98 Å². The zero-order valence-corrected chi connectivity index (χ0v) is 22.8. The number of aliphatic hydroxyl groups excluding tert-OH is 1. The summed E-state index contributed by atoms with van der Waals surface area (Å²) in [5.74, 6) is 0.250. The number of hydrogen-bond acceptors (Lipinski definition) is 9. The number of aliphatic hydroxyl groups is 1. The fourth-order valence-electron chi connectivity index (χ4n) is 4.67. The number of hydrogen-bond donors (Lipinski definition) is 1. The third-order valence-electron chi connectivity index (χ3n) is 6.63. The number of benzene rings is 3. The van der Waals surface area contributed by atoms with Gasteiger partial charge < -0.3 is 24.1 Å². The van der Waals surface area contributed by atoms with Crippen molar-refractivity contribution in [2.24, 2.45) is 0 Å². The number of aryl methyl sites for hydroxylation is 1. The van der Waals surface area contributed by atoms with E-state index >= 15 is 0 Å². The Kier molecular flexibility index (Phi) is 6.88. The van der Waals surface area contributed by atoms with Gasteiger partial charge in [0.05, 0.1) is 50.3 Å². The first-order valence-corrected chi connectivity index (χ1v) is 12.8. The summed E-state index contributed by atoms with van der Waals surface area (Å²) in [5, 5.41) is 11.8. The Balaban J connectivity index is 1.74. The molecule has 0 bridgehead atoms. The van der Waals surface area contributed by atoms with Crippen molar-refractivity contribution in [3.8, 4) is 23.0 Å². The second-order valence-electron chi connectivity index (χ2n) is 8.80. The van der Waals surface area contributed by atoms with E-state index in [9.17, 15) is 14.7 Å². The number of ether oxygens (including phenoxy) is 4. The van der Waals surface area contributed by atoms with E-state index in [-0.39, 0.29) is 11.3 Å². The first-order chi connectivity index (χ1) is 18.8. The summed E-state index contributed by atoms with van der Waals surface area (Å²) in [4.78, 5) is 33.1. The van der Waals surface area contributed by atoms with Gasteiger partial charge in [-0.1, -0.05) is 17.4 Å². The molecule has 10 heteroatoms. The molecule has 0 aliphatic carbocycles. The number of aromatic nitrogens is 1. The van der Waals surface area contributed by atoms with Crippen LogP contribution in [0.2, 0.25) is 0 Å². The molecule has 1 aliphatic rings. The van der Waals surface area contributed by atoms with E-state index in [4.69, 9.17) is 18.9 Å². The van der Waals surface area contributed by atoms with Crippen LogP contribution in [0.5, 0.6) is 23.0 Å². The van der Waals surface area contributed by atoms with Gasteiger partial charge >= 0.3 is 5.91 Å². The summed E-state index contributed by atoms with van der Waals surface area (Å²) < 4.78 is 22.3. The Labute approximate surface area is 228 Å². The largest absolute Gasteiger partial charge is 0.507 e. The molecule has 39 heavy (non-hydrogen) atoms. The average Bonchev–Trinajstić information content (AvgIpc) is 3.49. The molecule has 1 aromatic heterocycles. The van der Waals surface area contributed by atoms with Crippen molar-refractivity contribution in [2.75, 3.05) is 33.3 Å². The van der Waals surface area contributed by atoms with E-state index in [2.05, 4.69) is 4.98 Å². The number of carbonyl (C=O) groups excluding carboxylic acids is 2. The third kappa shape index (κ3) is 4.42. The van der Waals surface area contributed by atoms with Crippen LogP contribution in [0.3, 0.4) is 0 Å². The van der Waals surface area contributed by atoms with E-state index in [1.165, 1.54) is 30.5 Å². The van der Waals surface area contributed by atoms with Crippen LogP contribution in [0.1, 0.15) is 22.7 Å². The van der Waals surface area contributed by atoms with Crippen molar-refractivity contribution in [1.82, 2.24) is 4.98 Å². The number of anilines is 1. The Morgan fingerprint density at radius 2 is 1.59 bits per heavy atom. The van der Waals surface area contributed by atoms with Gasteiger partial charge in [0, 0.05) is 5.56 Å². The molecule has 0 saturated carbocycles. The molecule has 1 atom stereocenters. The number of nitrogens with zero attached hydrogens (tertiary/aromatic N) is 2. The number of methoxy groups -OCH3 is 4. The molecule has 0 radical (unpaired) electrons. The Bertz CT molecular complexity index is 1640. The van der Waals surface area contributed by atoms with E-state index in [1.54, 1.807) is 62.8 Å². The highest BCUT2D eigenvalue weighted by molar-refractivity contribution is 7.22. The number of amides is 1. The molecular formula is C29H26N2O7S. The fraction of sp³-hybridized carbons (Fsp3) is 0.207. The molecule has 0 spiro atoms. The highest BCUT2D eigenvalue weighted by atomic mass is 32.1. The Morgan fingerprint density at radius 1 is 0.872 bits per heavy atom. The molecule has 1 amide bonds. The van der Waals surface area contributed by atoms with E-state index < -0.39 is 17.7 Å². The number of carbonyl (C=O) groups is 2. The second kappa shape index (κ2) is 10.3. The lowest BCUT2D eigenvalue weighted by Crippen LogP contribution is -2.29. The molecule has 3 aromatic carbocycles. The summed E-state index contributed by atoms with van der Waals surface area (Å²) in [5.41, 5.74) is 2.27. The molecule has 200 valence electrons. The molecule has 0 unspecified atom stereocenters. The average molecular weight is 547 g/mol. The number of thiazole rings is 1. The minimum Gasteiger partial charge on any atom is -0.507 e. The molecule has 2 heterocycles. The van der Waals surface area contributed by atoms with Gasteiger partial charge in [-0.15, -0.1) is 0 Å². The van der Waals surface area contributed by atoms with Gasteiger partial charge in [0.2, 0.25) is 0 Å². The maximum absolute atomic E-state index is 13.6. The summed E-state index contributed by atoms with van der Waals surface area (Å²) in [6, 6.07) is 14.6. The first-order valence-electron chi connectivity index (χ1n) is 11.9. The number of fused-ring (bicyclic) bond motifs is 1. The van der Waals surface area contributed by atoms with Crippen LogP contribution in [0.25, 0.3) is 16.0 Å². The lowest BCUT2D eigenvalue weighted by molar-refractivity contribution is -0.132. The third-order valence-corrected chi connectivity index (χ3v) is 7.64. The monoisotopic (exact) mass is 546 g/mol. The van der Waals surface area contributed by atoms with Crippen molar-refractivity contribution in [1.29, 1.82) is 0 Å². The van der Waals surface area contributed by atoms with E-state index in [0.717, 1.165) is 10.3 Å². The van der Waals surface area contributed by atoms with Gasteiger partial charge in [-0.2, -0.15) is 0 Å². The molecule has 1 saturated heterocycles. The Hall–Kier alpha value is -4.57. The smallest absolute Gasteiger partial charge is 0.301 e. The topological polar surface area (TPSA) is 107 Å². The predicted octanol–water partition coefficient (Wildman–Crippen LogP) is 5.27. The standard InChI is InChI=1S/C29H26N2O7S/c1-15-12-17(7-10-20(15)36-3)26(32)24-25(16-6-11-21(37-4)22(13-16)38-5)31(28(34)27(24)33)29-30-19-9-8-18(35-2)14-23(19)39-29/h6-14,25,32H,1-5H3/b26-24+/t25-/m1/s1. The highest BCUT2D eigenvalue weighted by Gasteiger charge is 2.48. The molecule has 5 rings (SSSR count). The van der Waals surface area contributed by atoms with Crippen LogP contribution in [0, 0.1) is 6.92 Å². The summed E-state index contributed by atoms with van der Waals surface area (Å²) in [6.07, 6.45) is 0. The van der Waals surface area contributed by atoms with Crippen LogP contribution in [0.15, 0.2) is 60.2 Å². The van der Waals surface area contributed by atoms with Crippen LogP contribution in [-0.2, 0) is 9.59 Å². The zero-order chi connectivity index (χ0) is 27.8. The molecule has 4 aromatic rings. The van der Waals surface area contributed by atoms with Crippen molar-refractivity contribution >= 4 is 44.1 Å². The van der Waals surface area contributed by atoms with Crippen LogP contribution < -0.4 is 23.8 Å². The molecular weight excluding hydrogens is 520 g/mol. The van der Waals surface area contributed by atoms with E-state index in [1.807, 2.05) is 13.0 Å². The normalized spacial score (nSPS) is 16.5. The first kappa shape index (κ1) is 26.1. The maximum atomic E-state index is 13.6. The Morgan fingerprint density at radius 3 is 2.26 bits per heavy atom. The predicted molar refractivity (Wildman–Crippen MR) is 148 cm³/mol. The summed E-state index contributed by atoms with van der Waals surface area (Å²) in [6.45, 7) is 1.83. The minimum absolute atomic E-state index is 0.0615. The van der Waals surface area contributed by atoms with Crippen molar-refractivity contribution < 1.29 is 33.6 Å². The van der Waals surface area contributed by atoms with Gasteiger partial charge in [-0.3, -0.25) is 14.5 Å². The second-order valence-corrected chi connectivity index (χ2v) is 9.81. The summed E-state index contributed by atoms with van der Waals surface area (Å²) >= 11 is 1.25. The van der Waals surface area contributed by atoms with Crippen LogP contribution >= 0.6 is 11.3 Å². The van der Waals surface area contributed by atoms with Gasteiger partial charge in [0.25, 0.3) is 5.78 Å². The van der Waals surface area contributed by atoms with E-state index in [0.29, 0.717) is 44.8 Å². The van der Waals surface area contributed by atoms with Gasteiger partial charge in [-0.05, 0) is 66.6 Å². The van der Waals surface area contributed by atoms with Crippen molar-refractivity contribution in [2.45, 2.75) is 13.0 Å². The number of rotatable bonds is 7. The van der Waals surface area contributed by atoms with Gasteiger partial charge in [0.15, 0.2) is 16.6 Å². The van der Waals surface area contributed by atoms with Crippen molar-refractivity contribution in [3.05, 3.63) is 76.9 Å². The van der Waals surface area contributed by atoms with Crippen LogP contribution in [-0.4, -0.2) is 50.2 Å². The van der Waals surface area contributed by atoms with Crippen molar-refractivity contribution in [3.63, 3.8) is 0 Å². The van der Waals surface area contributed by atoms with Crippen LogP contribution in [0.4, 0.5) is 5.13 Å². The quantitative estimate of drug-likeness (QED) is 0.190. The maximum Gasteiger partial charge on any atom is 0.301 e.